The van der Waals surface area contributed by atoms with Crippen LogP contribution in [0.15, 0.2) is 0 Å². The number of nitrogens with two attached hydrogens (primary N) is 1. The summed E-state index contributed by atoms with van der Waals surface area (Å²) in [5, 5.41) is 0.0967. The number of amides is 1. The summed E-state index contributed by atoms with van der Waals surface area (Å²) in [4.78, 5) is 10.5. The van der Waals surface area contributed by atoms with Crippen molar-refractivity contribution in [2.45, 2.75) is 19.1 Å². The molecule has 0 radical (unpaired) electrons. The minimum atomic E-state index is -1.67. The highest BCUT2D eigenvalue weighted by Gasteiger charge is 2.31. The molecule has 1 amide bonds. The van der Waals surface area contributed by atoms with Crippen LogP contribution in [0.2, 0.25) is 0 Å². The highest BCUT2D eigenvalue weighted by Crippen LogP contribution is 2.23. The van der Waals surface area contributed by atoms with Crippen LogP contribution >= 0.6 is 0 Å². The maximum atomic E-state index is 12.5. The second-order valence-corrected chi connectivity index (χ2v) is 2.68. The van der Waals surface area contributed by atoms with Gasteiger partial charge in [0.25, 0.3) is 0 Å². The molecule has 0 bridgehead atoms. The molecule has 11 heavy (non-hydrogen) atoms. The number of carbonyl (C=O) groups excluding carboxylic acids is 1. The van der Waals surface area contributed by atoms with E-state index in [-0.39, 0.29) is 18.1 Å². The number of halogens is 2. The molecule has 1 aliphatic rings. The molecule has 2 unspecified atom stereocenters. The van der Waals surface area contributed by atoms with Gasteiger partial charge < -0.3 is 5.73 Å². The van der Waals surface area contributed by atoms with Gasteiger partial charge in [-0.1, -0.05) is 0 Å². The van der Waals surface area contributed by atoms with E-state index in [9.17, 15) is 13.7 Å². The maximum Gasteiger partial charge on any atom is 0.220 e. The fourth-order valence-corrected chi connectivity index (χ4v) is 1.14. The Morgan fingerprint density at radius 3 is 2.73 bits per heavy atom. The first-order valence-electron chi connectivity index (χ1n) is 3.47. The molecule has 2 N–H and O–H groups in total. The summed E-state index contributed by atoms with van der Waals surface area (Å²) in [5.41, 5.74) is 4.93. The molecule has 1 fully saturated rings. The van der Waals surface area contributed by atoms with E-state index in [1.807, 2.05) is 0 Å². The molecule has 3 nitrogen and oxygen atoms in total. The quantitative estimate of drug-likeness (QED) is 0.449. The van der Waals surface area contributed by atoms with E-state index < -0.39 is 18.1 Å². The molecule has 1 heterocycles. The van der Waals surface area contributed by atoms with Gasteiger partial charge in [0.05, 0.1) is 0 Å². The highest BCUT2D eigenvalue weighted by molar-refractivity contribution is 5.76. The van der Waals surface area contributed by atoms with E-state index in [4.69, 9.17) is 5.73 Å². The third kappa shape index (κ3) is 1.86. The Bertz CT molecular complexity index is 165. The van der Waals surface area contributed by atoms with Crippen LogP contribution in [0.5, 0.6) is 0 Å². The van der Waals surface area contributed by atoms with E-state index in [0.717, 1.165) is 0 Å². The van der Waals surface area contributed by atoms with Crippen molar-refractivity contribution in [1.29, 1.82) is 0 Å². The van der Waals surface area contributed by atoms with Crippen LogP contribution in [-0.4, -0.2) is 23.9 Å². The summed E-state index contributed by atoms with van der Waals surface area (Å²) in [5.74, 6) is -1.04. The Morgan fingerprint density at radius 2 is 2.27 bits per heavy atom. The number of alkyl halides is 1. The lowest BCUT2D eigenvalue weighted by atomic mass is 9.97. The Labute approximate surface area is 63.1 Å². The zero-order valence-corrected chi connectivity index (χ0v) is 5.96. The predicted octanol–water partition coefficient (Wildman–Crippen LogP) is 0.364. The van der Waals surface area contributed by atoms with Crippen molar-refractivity contribution in [3.63, 3.8) is 0 Å². The van der Waals surface area contributed by atoms with Crippen molar-refractivity contribution in [2.24, 2.45) is 11.7 Å². The minimum Gasteiger partial charge on any atom is -0.369 e. The molecule has 2 atom stereocenters. The molecule has 0 aromatic rings. The molecule has 1 aliphatic heterocycles. The second-order valence-electron chi connectivity index (χ2n) is 2.68. The SMILES string of the molecule is NC(=O)C1CCN(F)C(F)C1. The van der Waals surface area contributed by atoms with E-state index in [0.29, 0.717) is 6.42 Å². The first-order chi connectivity index (χ1) is 5.11. The second kappa shape index (κ2) is 3.13. The number of rotatable bonds is 1. The Balaban J connectivity index is 2.46. The average molecular weight is 164 g/mol. The van der Waals surface area contributed by atoms with E-state index in [1.165, 1.54) is 0 Å². The molecule has 0 spiro atoms. The third-order valence-electron chi connectivity index (χ3n) is 1.88. The number of nitrogens with zero attached hydrogens (tertiary/aromatic N) is 1. The van der Waals surface area contributed by atoms with Crippen LogP contribution in [0.3, 0.4) is 0 Å². The van der Waals surface area contributed by atoms with E-state index in [2.05, 4.69) is 0 Å². The Kier molecular flexibility index (Phi) is 2.38. The topological polar surface area (TPSA) is 46.3 Å². The molecule has 5 heteroatoms. The van der Waals surface area contributed by atoms with Crippen LogP contribution in [-0.2, 0) is 4.79 Å². The monoisotopic (exact) mass is 164 g/mol. The lowest BCUT2D eigenvalue weighted by molar-refractivity contribution is -0.137. The van der Waals surface area contributed by atoms with Crippen molar-refractivity contribution in [3.8, 4) is 0 Å². The van der Waals surface area contributed by atoms with Gasteiger partial charge in [-0.25, -0.2) is 4.39 Å². The maximum absolute atomic E-state index is 12.5. The van der Waals surface area contributed by atoms with E-state index in [1.54, 1.807) is 0 Å². The van der Waals surface area contributed by atoms with Gasteiger partial charge in [-0.2, -0.15) is 0 Å². The lowest BCUT2D eigenvalue weighted by Gasteiger charge is -2.26. The molecule has 1 rings (SSSR count). The standard InChI is InChI=1S/C6H10F2N2O/c7-5-3-4(6(9)11)1-2-10(5)8/h4-5H,1-3H2,(H2,9,11). The van der Waals surface area contributed by atoms with Crippen molar-refractivity contribution < 1.29 is 13.7 Å². The highest BCUT2D eigenvalue weighted by atomic mass is 19.2. The molecule has 0 aromatic carbocycles. The van der Waals surface area contributed by atoms with E-state index >= 15 is 0 Å². The van der Waals surface area contributed by atoms with Gasteiger partial charge in [0, 0.05) is 18.9 Å². The average Bonchev–Trinajstić information content (AvgIpc) is 1.94. The molecule has 64 valence electrons. The van der Waals surface area contributed by atoms with Gasteiger partial charge in [-0.3, -0.25) is 4.79 Å². The zero-order valence-electron chi connectivity index (χ0n) is 5.96. The number of carbonyl (C=O) groups is 1. The summed E-state index contributed by atoms with van der Waals surface area (Å²) < 4.78 is 24.9. The lowest BCUT2D eigenvalue weighted by Crippen LogP contribution is -2.39. The number of primary amides is 1. The summed E-state index contributed by atoms with van der Waals surface area (Å²) in [6, 6.07) is 0. The molecular formula is C6H10F2N2O. The van der Waals surface area contributed by atoms with Crippen molar-refractivity contribution in [3.05, 3.63) is 0 Å². The van der Waals surface area contributed by atoms with Crippen molar-refractivity contribution >= 4 is 5.91 Å². The van der Waals surface area contributed by atoms with Crippen LogP contribution in [0.25, 0.3) is 0 Å². The fourth-order valence-electron chi connectivity index (χ4n) is 1.14. The molecule has 0 aromatic heterocycles. The van der Waals surface area contributed by atoms with Gasteiger partial charge in [0.1, 0.15) is 0 Å². The predicted molar refractivity (Wildman–Crippen MR) is 34.6 cm³/mol. The molecule has 0 aliphatic carbocycles. The number of hydrogen-bond donors (Lipinski definition) is 1. The van der Waals surface area contributed by atoms with Crippen molar-refractivity contribution in [1.82, 2.24) is 5.12 Å². The zero-order chi connectivity index (χ0) is 8.43. The van der Waals surface area contributed by atoms with Gasteiger partial charge in [0.15, 0.2) is 6.30 Å². The summed E-state index contributed by atoms with van der Waals surface area (Å²) in [6.45, 7) is -0.0469. The normalized spacial score (nSPS) is 33.6. The summed E-state index contributed by atoms with van der Waals surface area (Å²) in [7, 11) is 0. The smallest absolute Gasteiger partial charge is 0.220 e. The largest absolute Gasteiger partial charge is 0.369 e. The Morgan fingerprint density at radius 1 is 1.64 bits per heavy atom. The fraction of sp³-hybridized carbons (Fsp3) is 0.833. The molecule has 0 saturated carbocycles. The van der Waals surface area contributed by atoms with Gasteiger partial charge >= 0.3 is 0 Å². The third-order valence-corrected chi connectivity index (χ3v) is 1.88. The summed E-state index contributed by atoms with van der Waals surface area (Å²) in [6.07, 6.45) is -1.47. The van der Waals surface area contributed by atoms with Crippen LogP contribution < -0.4 is 5.73 Å². The minimum absolute atomic E-state index is 0.0469. The van der Waals surface area contributed by atoms with Gasteiger partial charge in [0.2, 0.25) is 5.91 Å². The number of hydrogen-bond acceptors (Lipinski definition) is 2. The Hall–Kier alpha value is -0.710. The van der Waals surface area contributed by atoms with Crippen LogP contribution in [0, 0.1) is 5.92 Å². The molecule has 1 saturated heterocycles. The first kappa shape index (κ1) is 8.39. The van der Waals surface area contributed by atoms with Gasteiger partial charge in [-0.05, 0) is 6.42 Å². The van der Waals surface area contributed by atoms with Crippen molar-refractivity contribution in [2.75, 3.05) is 6.54 Å². The number of piperidine rings is 1. The first-order valence-corrected chi connectivity index (χ1v) is 3.47. The van der Waals surface area contributed by atoms with Crippen LogP contribution in [0.1, 0.15) is 12.8 Å². The summed E-state index contributed by atoms with van der Waals surface area (Å²) >= 11 is 0. The van der Waals surface area contributed by atoms with Gasteiger partial charge in [-0.15, -0.1) is 9.60 Å². The molecular weight excluding hydrogens is 154 g/mol. The van der Waals surface area contributed by atoms with Crippen LogP contribution in [0.4, 0.5) is 8.87 Å².